The molecule has 24 heavy (non-hydrogen) atoms. The maximum absolute atomic E-state index is 12.8. The number of benzene rings is 1. The van der Waals surface area contributed by atoms with Gasteiger partial charge in [-0.3, -0.25) is 14.2 Å². The van der Waals surface area contributed by atoms with Crippen molar-refractivity contribution < 1.29 is 4.79 Å². The Morgan fingerprint density at radius 1 is 1.33 bits per heavy atom. The summed E-state index contributed by atoms with van der Waals surface area (Å²) in [6.07, 6.45) is 0.821. The van der Waals surface area contributed by atoms with Gasteiger partial charge in [-0.1, -0.05) is 30.8 Å². The lowest BCUT2D eigenvalue weighted by Crippen LogP contribution is -2.41. The van der Waals surface area contributed by atoms with Gasteiger partial charge in [-0.15, -0.1) is 0 Å². The van der Waals surface area contributed by atoms with E-state index in [-0.39, 0.29) is 28.8 Å². The molecule has 0 fully saturated rings. The molecule has 1 unspecified atom stereocenters. The molecule has 130 valence electrons. The molecule has 2 aromatic rings. The van der Waals surface area contributed by atoms with Crippen LogP contribution in [0.3, 0.4) is 0 Å². The zero-order valence-electron chi connectivity index (χ0n) is 14.9. The van der Waals surface area contributed by atoms with Crippen LogP contribution in [0.1, 0.15) is 47.1 Å². The monoisotopic (exact) mass is 347 g/mol. The average molecular weight is 347 g/mol. The third kappa shape index (κ3) is 4.38. The quantitative estimate of drug-likeness (QED) is 0.665. The summed E-state index contributed by atoms with van der Waals surface area (Å²) in [5, 5.41) is 4.14. The maximum atomic E-state index is 12.8. The molecule has 0 spiro atoms. The van der Waals surface area contributed by atoms with Crippen molar-refractivity contribution in [1.82, 2.24) is 14.9 Å². The van der Waals surface area contributed by atoms with E-state index in [1.54, 1.807) is 10.6 Å². The number of rotatable bonds is 5. The number of hydrogen-bond acceptors (Lipinski definition) is 4. The summed E-state index contributed by atoms with van der Waals surface area (Å²) in [7, 11) is 0. The normalized spacial score (nSPS) is 13.0. The Bertz CT molecular complexity index is 793. The van der Waals surface area contributed by atoms with E-state index in [1.807, 2.05) is 52.8 Å². The van der Waals surface area contributed by atoms with E-state index in [9.17, 15) is 9.59 Å². The van der Waals surface area contributed by atoms with Crippen LogP contribution in [0, 0.1) is 0 Å². The molecular formula is C18H25N3O2S. The Kier molecular flexibility index (Phi) is 5.70. The fourth-order valence-electron chi connectivity index (χ4n) is 2.38. The molecule has 0 saturated carbocycles. The predicted octanol–water partition coefficient (Wildman–Crippen LogP) is 3.37. The van der Waals surface area contributed by atoms with Crippen molar-refractivity contribution in [2.24, 2.45) is 0 Å². The van der Waals surface area contributed by atoms with Crippen molar-refractivity contribution in [1.29, 1.82) is 0 Å². The van der Waals surface area contributed by atoms with Crippen LogP contribution in [0.2, 0.25) is 0 Å². The zero-order valence-corrected chi connectivity index (χ0v) is 15.7. The molecule has 1 heterocycles. The van der Waals surface area contributed by atoms with E-state index in [4.69, 9.17) is 0 Å². The number of amides is 1. The summed E-state index contributed by atoms with van der Waals surface area (Å²) in [6, 6.07) is 7.36. The number of para-hydroxylation sites is 1. The summed E-state index contributed by atoms with van der Waals surface area (Å²) in [4.78, 5) is 29.5. The largest absolute Gasteiger partial charge is 0.351 e. The Labute approximate surface area is 146 Å². The van der Waals surface area contributed by atoms with Gasteiger partial charge >= 0.3 is 0 Å². The molecule has 0 aliphatic carbocycles. The molecule has 1 aromatic heterocycles. The van der Waals surface area contributed by atoms with Gasteiger partial charge in [0.25, 0.3) is 5.56 Å². The highest BCUT2D eigenvalue weighted by molar-refractivity contribution is 7.99. The average Bonchev–Trinajstić information content (AvgIpc) is 2.51. The molecule has 1 atom stereocenters. The van der Waals surface area contributed by atoms with E-state index < -0.39 is 0 Å². The highest BCUT2D eigenvalue weighted by Gasteiger charge is 2.18. The number of aromatic nitrogens is 2. The minimum atomic E-state index is -0.273. The van der Waals surface area contributed by atoms with Gasteiger partial charge in [-0.05, 0) is 46.2 Å². The first-order valence-corrected chi connectivity index (χ1v) is 9.16. The second-order valence-electron chi connectivity index (χ2n) is 6.93. The number of thioether (sulfide) groups is 1. The molecular weight excluding hydrogens is 322 g/mol. The van der Waals surface area contributed by atoms with Crippen molar-refractivity contribution >= 4 is 28.6 Å². The van der Waals surface area contributed by atoms with E-state index in [2.05, 4.69) is 10.3 Å². The first kappa shape index (κ1) is 18.5. The Morgan fingerprint density at radius 3 is 2.62 bits per heavy atom. The molecule has 6 heteroatoms. The fraction of sp³-hybridized carbons (Fsp3) is 0.500. The van der Waals surface area contributed by atoms with Crippen LogP contribution in [0.5, 0.6) is 0 Å². The third-order valence-electron chi connectivity index (χ3n) is 3.65. The van der Waals surface area contributed by atoms with Gasteiger partial charge in [0.15, 0.2) is 5.16 Å². The molecule has 0 aliphatic rings. The lowest BCUT2D eigenvalue weighted by atomic mass is 10.1. The summed E-state index contributed by atoms with van der Waals surface area (Å²) in [6.45, 7) is 9.86. The number of nitrogens with one attached hydrogen (secondary N) is 1. The smallest absolute Gasteiger partial charge is 0.262 e. The Morgan fingerprint density at radius 2 is 2.00 bits per heavy atom. The third-order valence-corrected chi connectivity index (χ3v) is 4.61. The summed E-state index contributed by atoms with van der Waals surface area (Å²) in [5.41, 5.74) is 0.347. The van der Waals surface area contributed by atoms with Crippen LogP contribution >= 0.6 is 11.8 Å². The molecule has 0 bridgehead atoms. The molecule has 0 aliphatic heterocycles. The molecule has 1 N–H and O–H groups in total. The van der Waals surface area contributed by atoms with Crippen LogP contribution in [0.25, 0.3) is 10.9 Å². The van der Waals surface area contributed by atoms with Crippen LogP contribution in [0.4, 0.5) is 0 Å². The van der Waals surface area contributed by atoms with Crippen LogP contribution in [-0.4, -0.2) is 26.8 Å². The number of hydrogen-bond donors (Lipinski definition) is 1. The van der Waals surface area contributed by atoms with Crippen LogP contribution < -0.4 is 10.9 Å². The highest BCUT2D eigenvalue weighted by Crippen LogP contribution is 2.22. The van der Waals surface area contributed by atoms with Gasteiger partial charge in [0.2, 0.25) is 5.91 Å². The zero-order chi connectivity index (χ0) is 17.9. The molecule has 0 saturated heterocycles. The minimum absolute atomic E-state index is 0.0304. The lowest BCUT2D eigenvalue weighted by molar-refractivity contribution is -0.119. The summed E-state index contributed by atoms with van der Waals surface area (Å²) < 4.78 is 1.71. The molecule has 1 amide bonds. The first-order chi connectivity index (χ1) is 11.2. The van der Waals surface area contributed by atoms with Crippen molar-refractivity contribution in [3.8, 4) is 0 Å². The predicted molar refractivity (Wildman–Crippen MR) is 99.6 cm³/mol. The SMILES string of the molecule is CCC(C)n1c(SCC(=O)NC(C)(C)C)nc2ccccc2c1=O. The van der Waals surface area contributed by atoms with Crippen molar-refractivity contribution in [3.63, 3.8) is 0 Å². The van der Waals surface area contributed by atoms with Gasteiger partial charge in [0, 0.05) is 11.6 Å². The molecule has 5 nitrogen and oxygen atoms in total. The van der Waals surface area contributed by atoms with Gasteiger partial charge in [-0.25, -0.2) is 4.98 Å². The lowest BCUT2D eigenvalue weighted by Gasteiger charge is -2.21. The standard InChI is InChI=1S/C18H25N3O2S/c1-6-12(2)21-16(23)13-9-7-8-10-14(13)19-17(21)24-11-15(22)20-18(3,4)5/h7-10,12H,6,11H2,1-5H3,(H,20,22). The Balaban J connectivity index is 2.37. The topological polar surface area (TPSA) is 64.0 Å². The van der Waals surface area contributed by atoms with Crippen molar-refractivity contribution in [3.05, 3.63) is 34.6 Å². The number of carbonyl (C=O) groups excluding carboxylic acids is 1. The second-order valence-corrected chi connectivity index (χ2v) is 7.87. The van der Waals surface area contributed by atoms with E-state index in [0.29, 0.717) is 16.1 Å². The van der Waals surface area contributed by atoms with E-state index in [1.165, 1.54) is 11.8 Å². The van der Waals surface area contributed by atoms with Gasteiger partial charge < -0.3 is 5.32 Å². The van der Waals surface area contributed by atoms with Gasteiger partial charge in [-0.2, -0.15) is 0 Å². The highest BCUT2D eigenvalue weighted by atomic mass is 32.2. The minimum Gasteiger partial charge on any atom is -0.351 e. The number of nitrogens with zero attached hydrogens (tertiary/aromatic N) is 2. The van der Waals surface area contributed by atoms with Crippen molar-refractivity contribution in [2.45, 2.75) is 57.8 Å². The maximum Gasteiger partial charge on any atom is 0.262 e. The molecule has 2 rings (SSSR count). The summed E-state index contributed by atoms with van der Waals surface area (Å²) >= 11 is 1.31. The Hall–Kier alpha value is -1.82. The van der Waals surface area contributed by atoms with Gasteiger partial charge in [0.1, 0.15) is 0 Å². The van der Waals surface area contributed by atoms with E-state index >= 15 is 0 Å². The van der Waals surface area contributed by atoms with Crippen molar-refractivity contribution in [2.75, 3.05) is 5.75 Å². The molecule has 0 radical (unpaired) electrons. The summed E-state index contributed by atoms with van der Waals surface area (Å²) in [5.74, 6) is 0.170. The first-order valence-electron chi connectivity index (χ1n) is 8.18. The fourth-order valence-corrected chi connectivity index (χ4v) is 3.28. The number of fused-ring (bicyclic) bond motifs is 1. The van der Waals surface area contributed by atoms with Crippen LogP contribution in [-0.2, 0) is 4.79 Å². The second kappa shape index (κ2) is 7.38. The molecule has 1 aromatic carbocycles. The number of carbonyl (C=O) groups is 1. The van der Waals surface area contributed by atoms with Crippen LogP contribution in [0.15, 0.2) is 34.2 Å². The van der Waals surface area contributed by atoms with Gasteiger partial charge in [0.05, 0.1) is 16.7 Å². The van der Waals surface area contributed by atoms with E-state index in [0.717, 1.165) is 6.42 Å².